The van der Waals surface area contributed by atoms with Crippen molar-refractivity contribution < 1.29 is 4.42 Å². The van der Waals surface area contributed by atoms with Gasteiger partial charge in [-0.2, -0.15) is 0 Å². The fraction of sp³-hybridized carbons (Fsp3) is 0.600. The number of furan rings is 1. The van der Waals surface area contributed by atoms with E-state index in [1.54, 1.807) is 0 Å². The Kier molecular flexibility index (Phi) is 5.31. The molecule has 1 N–H and O–H groups in total. The van der Waals surface area contributed by atoms with E-state index in [-0.39, 0.29) is 0 Å². The van der Waals surface area contributed by atoms with Gasteiger partial charge in [0.15, 0.2) is 0 Å². The van der Waals surface area contributed by atoms with Crippen LogP contribution in [0.1, 0.15) is 54.9 Å². The molecule has 0 aliphatic rings. The first-order chi connectivity index (χ1) is 8.11. The lowest BCUT2D eigenvalue weighted by Crippen LogP contribution is -2.23. The van der Waals surface area contributed by atoms with Gasteiger partial charge in [-0.05, 0) is 45.7 Å². The Hall–Kier alpha value is -1.20. The summed E-state index contributed by atoms with van der Waals surface area (Å²) in [5, 5.41) is 3.56. The molecule has 0 aromatic carbocycles. The molecule has 1 aromatic rings. The third kappa shape index (κ3) is 3.38. The van der Waals surface area contributed by atoms with Crippen LogP contribution in [-0.4, -0.2) is 6.54 Å². The van der Waals surface area contributed by atoms with Crippen LogP contribution in [0.15, 0.2) is 4.42 Å². The van der Waals surface area contributed by atoms with Crippen LogP contribution in [0.3, 0.4) is 0 Å². The van der Waals surface area contributed by atoms with E-state index in [1.807, 2.05) is 13.8 Å². The molecule has 1 rings (SSSR count). The van der Waals surface area contributed by atoms with Crippen molar-refractivity contribution in [1.29, 1.82) is 0 Å². The number of hydrogen-bond donors (Lipinski definition) is 1. The van der Waals surface area contributed by atoms with Crippen molar-refractivity contribution in [2.75, 3.05) is 6.54 Å². The van der Waals surface area contributed by atoms with Crippen LogP contribution < -0.4 is 5.32 Å². The SMILES string of the molecule is C#CCCC(NCCC)c1c(C)oc(C)c1C. The fourth-order valence-electron chi connectivity index (χ4n) is 2.22. The van der Waals surface area contributed by atoms with Gasteiger partial charge < -0.3 is 9.73 Å². The molecule has 1 aromatic heterocycles. The van der Waals surface area contributed by atoms with Gasteiger partial charge in [0.1, 0.15) is 11.5 Å². The van der Waals surface area contributed by atoms with Gasteiger partial charge in [-0.25, -0.2) is 0 Å². The Morgan fingerprint density at radius 1 is 1.29 bits per heavy atom. The lowest BCUT2D eigenvalue weighted by atomic mass is 9.98. The monoisotopic (exact) mass is 233 g/mol. The van der Waals surface area contributed by atoms with Crippen molar-refractivity contribution in [3.05, 3.63) is 22.6 Å². The third-order valence-electron chi connectivity index (χ3n) is 3.18. The van der Waals surface area contributed by atoms with Gasteiger partial charge in [-0.15, -0.1) is 12.3 Å². The van der Waals surface area contributed by atoms with E-state index >= 15 is 0 Å². The summed E-state index contributed by atoms with van der Waals surface area (Å²) in [6, 6.07) is 0.323. The second-order valence-corrected chi connectivity index (χ2v) is 4.50. The number of aryl methyl sites for hydroxylation is 2. The molecule has 0 aliphatic carbocycles. The number of nitrogens with one attached hydrogen (secondary N) is 1. The second kappa shape index (κ2) is 6.51. The maximum Gasteiger partial charge on any atom is 0.106 e. The predicted octanol–water partition coefficient (Wildman–Crippen LogP) is 3.66. The smallest absolute Gasteiger partial charge is 0.106 e. The van der Waals surface area contributed by atoms with Gasteiger partial charge in [0.05, 0.1) is 0 Å². The number of hydrogen-bond acceptors (Lipinski definition) is 2. The van der Waals surface area contributed by atoms with Crippen LogP contribution in [-0.2, 0) is 0 Å². The van der Waals surface area contributed by atoms with Crippen molar-refractivity contribution in [3.8, 4) is 12.3 Å². The lowest BCUT2D eigenvalue weighted by Gasteiger charge is -2.18. The van der Waals surface area contributed by atoms with E-state index in [1.165, 1.54) is 11.1 Å². The standard InChI is InChI=1S/C15H23NO/c1-6-8-9-14(16-10-7-2)15-11(3)12(4)17-13(15)5/h1,14,16H,7-10H2,2-5H3. The van der Waals surface area contributed by atoms with E-state index in [9.17, 15) is 0 Å². The molecule has 94 valence electrons. The topological polar surface area (TPSA) is 25.2 Å². The van der Waals surface area contributed by atoms with Crippen LogP contribution in [0.25, 0.3) is 0 Å². The predicted molar refractivity (Wildman–Crippen MR) is 72.0 cm³/mol. The van der Waals surface area contributed by atoms with Crippen LogP contribution in [0.5, 0.6) is 0 Å². The van der Waals surface area contributed by atoms with Crippen LogP contribution >= 0.6 is 0 Å². The molecule has 1 unspecified atom stereocenters. The van der Waals surface area contributed by atoms with E-state index in [4.69, 9.17) is 10.8 Å². The highest BCUT2D eigenvalue weighted by Gasteiger charge is 2.19. The van der Waals surface area contributed by atoms with Crippen LogP contribution in [0.2, 0.25) is 0 Å². The number of terminal acetylenes is 1. The van der Waals surface area contributed by atoms with Gasteiger partial charge in [0.2, 0.25) is 0 Å². The minimum absolute atomic E-state index is 0.323. The average molecular weight is 233 g/mol. The first-order valence-electron chi connectivity index (χ1n) is 6.35. The highest BCUT2D eigenvalue weighted by atomic mass is 16.3. The molecule has 0 radical (unpaired) electrons. The summed E-state index contributed by atoms with van der Waals surface area (Å²) in [5.41, 5.74) is 2.55. The highest BCUT2D eigenvalue weighted by molar-refractivity contribution is 5.34. The second-order valence-electron chi connectivity index (χ2n) is 4.50. The van der Waals surface area contributed by atoms with Gasteiger partial charge in [0.25, 0.3) is 0 Å². The van der Waals surface area contributed by atoms with E-state index < -0.39 is 0 Å². The summed E-state index contributed by atoms with van der Waals surface area (Å²) < 4.78 is 5.69. The maximum absolute atomic E-state index is 5.69. The van der Waals surface area contributed by atoms with E-state index in [0.29, 0.717) is 6.04 Å². The zero-order valence-corrected chi connectivity index (χ0v) is 11.4. The quantitative estimate of drug-likeness (QED) is 0.759. The summed E-state index contributed by atoms with van der Waals surface area (Å²) in [6.07, 6.45) is 8.26. The number of rotatable bonds is 6. The van der Waals surface area contributed by atoms with Gasteiger partial charge in [-0.1, -0.05) is 6.92 Å². The Morgan fingerprint density at radius 3 is 2.47 bits per heavy atom. The molecule has 2 heteroatoms. The molecule has 1 atom stereocenters. The fourth-order valence-corrected chi connectivity index (χ4v) is 2.22. The van der Waals surface area contributed by atoms with E-state index in [2.05, 4.69) is 25.1 Å². The molecule has 0 aliphatic heterocycles. The summed E-state index contributed by atoms with van der Waals surface area (Å²) >= 11 is 0. The van der Waals surface area contributed by atoms with Crippen LogP contribution in [0.4, 0.5) is 0 Å². The van der Waals surface area contributed by atoms with Crippen molar-refractivity contribution in [3.63, 3.8) is 0 Å². The Balaban J connectivity index is 2.91. The van der Waals surface area contributed by atoms with Crippen molar-refractivity contribution >= 4 is 0 Å². The molecular weight excluding hydrogens is 210 g/mol. The molecule has 0 spiro atoms. The van der Waals surface area contributed by atoms with Gasteiger partial charge in [0, 0.05) is 18.0 Å². The van der Waals surface area contributed by atoms with E-state index in [0.717, 1.165) is 37.3 Å². The zero-order valence-electron chi connectivity index (χ0n) is 11.4. The molecular formula is C15H23NO. The molecule has 0 bridgehead atoms. The summed E-state index contributed by atoms with van der Waals surface area (Å²) in [7, 11) is 0. The lowest BCUT2D eigenvalue weighted by molar-refractivity contribution is 0.471. The van der Waals surface area contributed by atoms with Crippen molar-refractivity contribution in [1.82, 2.24) is 5.32 Å². The van der Waals surface area contributed by atoms with Gasteiger partial charge >= 0.3 is 0 Å². The zero-order chi connectivity index (χ0) is 12.8. The summed E-state index contributed by atoms with van der Waals surface area (Å²) in [6.45, 7) is 9.36. The average Bonchev–Trinajstić information content (AvgIpc) is 2.55. The molecule has 0 amide bonds. The summed E-state index contributed by atoms with van der Waals surface area (Å²) in [5.74, 6) is 4.75. The Morgan fingerprint density at radius 2 is 2.00 bits per heavy atom. The molecule has 0 saturated heterocycles. The molecule has 2 nitrogen and oxygen atoms in total. The molecule has 0 saturated carbocycles. The molecule has 1 heterocycles. The minimum atomic E-state index is 0.323. The first kappa shape index (κ1) is 13.9. The molecule has 0 fully saturated rings. The van der Waals surface area contributed by atoms with Gasteiger partial charge in [-0.3, -0.25) is 0 Å². The van der Waals surface area contributed by atoms with Crippen molar-refractivity contribution in [2.24, 2.45) is 0 Å². The first-order valence-corrected chi connectivity index (χ1v) is 6.35. The minimum Gasteiger partial charge on any atom is -0.466 e. The normalized spacial score (nSPS) is 12.4. The summed E-state index contributed by atoms with van der Waals surface area (Å²) in [4.78, 5) is 0. The Labute approximate surface area is 105 Å². The largest absolute Gasteiger partial charge is 0.466 e. The third-order valence-corrected chi connectivity index (χ3v) is 3.18. The Bertz CT molecular complexity index is 398. The van der Waals surface area contributed by atoms with Crippen molar-refractivity contribution in [2.45, 2.75) is 53.0 Å². The molecule has 17 heavy (non-hydrogen) atoms. The van der Waals surface area contributed by atoms with Crippen LogP contribution in [0, 0.1) is 33.1 Å². The highest BCUT2D eigenvalue weighted by Crippen LogP contribution is 2.29. The maximum atomic E-state index is 5.69.